The molecule has 0 aromatic heterocycles. The van der Waals surface area contributed by atoms with Crippen LogP contribution in [0.15, 0.2) is 0 Å². The molecule has 0 heterocycles. The Hall–Kier alpha value is -1.09. The number of Topliss-reactive ketones (excluding diaryl/α,β-unsaturated/α-hetero) is 2. The summed E-state index contributed by atoms with van der Waals surface area (Å²) < 4.78 is 0. The number of carbonyl (C=O) groups excluding carboxylic acids is 2. The van der Waals surface area contributed by atoms with Crippen molar-refractivity contribution in [1.29, 1.82) is 0 Å². The summed E-state index contributed by atoms with van der Waals surface area (Å²) in [6.07, 6.45) is 1.03. The fourth-order valence-corrected chi connectivity index (χ4v) is 0.426. The largest absolute Gasteiger partial charge is 0.481 e. The van der Waals surface area contributed by atoms with Gasteiger partial charge in [0.2, 0.25) is 0 Å². The number of rotatable bonds is 6. The van der Waals surface area contributed by atoms with E-state index in [0.717, 1.165) is 12.8 Å². The molecule has 0 aliphatic rings. The van der Waals surface area contributed by atoms with Gasteiger partial charge >= 0.3 is 11.9 Å². The zero-order valence-corrected chi connectivity index (χ0v) is 15.7. The molecule has 8 nitrogen and oxygen atoms in total. The van der Waals surface area contributed by atoms with Crippen molar-refractivity contribution >= 4 is 23.5 Å². The van der Waals surface area contributed by atoms with E-state index in [9.17, 15) is 19.2 Å². The third-order valence-corrected chi connectivity index (χ3v) is 1.25. The minimum atomic E-state index is -1.06. The van der Waals surface area contributed by atoms with Crippen LogP contribution in [0.25, 0.3) is 0 Å². The van der Waals surface area contributed by atoms with Gasteiger partial charge in [0.1, 0.15) is 24.4 Å². The standard InChI is InChI=1S/2C4H6O3.2C3H8O.Ti/c2*1-3(5)2-4(6)7;2*1-2-3-4;/h2*2H2,1H3,(H,6,7);2*4H,2-3H2,1H3;. The van der Waals surface area contributed by atoms with Crippen molar-refractivity contribution in [2.24, 2.45) is 0 Å². The Labute approximate surface area is 151 Å². The summed E-state index contributed by atoms with van der Waals surface area (Å²) in [4.78, 5) is 38.9. The molecular formula is C14H28O8Ti. The molecule has 23 heavy (non-hydrogen) atoms. The normalized spacial score (nSPS) is 7.57. The molecule has 0 saturated carbocycles. The van der Waals surface area contributed by atoms with E-state index in [0.29, 0.717) is 13.2 Å². The number of ketones is 2. The Morgan fingerprint density at radius 2 is 0.870 bits per heavy atom. The Balaban J connectivity index is -0.0000000639. The second kappa shape index (κ2) is 29.0. The van der Waals surface area contributed by atoms with E-state index < -0.39 is 11.9 Å². The minimum Gasteiger partial charge on any atom is -0.481 e. The van der Waals surface area contributed by atoms with Crippen molar-refractivity contribution < 1.29 is 61.3 Å². The average molecular weight is 372 g/mol. The summed E-state index contributed by atoms with van der Waals surface area (Å²) in [6.45, 7) is 6.99. The first-order chi connectivity index (χ1) is 10.1. The van der Waals surface area contributed by atoms with Crippen LogP contribution in [0.1, 0.15) is 53.4 Å². The van der Waals surface area contributed by atoms with Crippen LogP contribution in [0.4, 0.5) is 0 Å². The van der Waals surface area contributed by atoms with Gasteiger partial charge in [-0.25, -0.2) is 0 Å². The van der Waals surface area contributed by atoms with Crippen molar-refractivity contribution in [3.8, 4) is 0 Å². The predicted octanol–water partition coefficient (Wildman–Crippen LogP) is 0.875. The molecule has 0 atom stereocenters. The molecule has 0 unspecified atom stereocenters. The quantitative estimate of drug-likeness (QED) is 0.396. The Morgan fingerprint density at radius 1 is 0.696 bits per heavy atom. The van der Waals surface area contributed by atoms with Gasteiger partial charge < -0.3 is 20.4 Å². The van der Waals surface area contributed by atoms with Gasteiger partial charge in [-0.05, 0) is 26.7 Å². The van der Waals surface area contributed by atoms with Gasteiger partial charge in [-0.1, -0.05) is 13.8 Å². The number of hydrogen-bond donors (Lipinski definition) is 4. The molecule has 0 saturated heterocycles. The zero-order valence-electron chi connectivity index (χ0n) is 14.2. The van der Waals surface area contributed by atoms with Crippen molar-refractivity contribution in [1.82, 2.24) is 0 Å². The van der Waals surface area contributed by atoms with Crippen LogP contribution < -0.4 is 0 Å². The molecule has 4 N–H and O–H groups in total. The van der Waals surface area contributed by atoms with Crippen molar-refractivity contribution in [3.63, 3.8) is 0 Å². The van der Waals surface area contributed by atoms with Gasteiger partial charge in [0.25, 0.3) is 0 Å². The number of carboxylic acids is 2. The number of carbonyl (C=O) groups is 4. The monoisotopic (exact) mass is 372 g/mol. The molecule has 0 aliphatic carbocycles. The SMILES string of the molecule is CC(=O)CC(=O)O.CC(=O)CC(=O)O.CCCO.CCCO.[Ti]. The van der Waals surface area contributed by atoms with Gasteiger partial charge in [0.15, 0.2) is 0 Å². The van der Waals surface area contributed by atoms with Gasteiger partial charge in [0.05, 0.1) is 0 Å². The third kappa shape index (κ3) is 94.2. The maximum absolute atomic E-state index is 9.87. The first-order valence-corrected chi connectivity index (χ1v) is 6.72. The summed E-state index contributed by atoms with van der Waals surface area (Å²) >= 11 is 0. The Bertz CT molecular complexity index is 247. The van der Waals surface area contributed by atoms with Crippen molar-refractivity contribution in [3.05, 3.63) is 0 Å². The Kier molecular flexibility index (Phi) is 42.2. The van der Waals surface area contributed by atoms with Crippen LogP contribution in [0.2, 0.25) is 0 Å². The van der Waals surface area contributed by atoms with Crippen LogP contribution in [-0.4, -0.2) is 57.1 Å². The summed E-state index contributed by atoms with van der Waals surface area (Å²) in [6, 6.07) is 0. The molecule has 0 radical (unpaired) electrons. The van der Waals surface area contributed by atoms with E-state index in [1.165, 1.54) is 13.8 Å². The van der Waals surface area contributed by atoms with Crippen LogP contribution in [0, 0.1) is 0 Å². The molecule has 0 bridgehead atoms. The predicted molar refractivity (Wildman–Crippen MR) is 80.6 cm³/mol. The molecule has 0 aromatic rings. The molecule has 0 aliphatic heterocycles. The summed E-state index contributed by atoms with van der Waals surface area (Å²) in [5, 5.41) is 31.5. The second-order valence-corrected chi connectivity index (χ2v) is 3.99. The van der Waals surface area contributed by atoms with E-state index in [2.05, 4.69) is 0 Å². The summed E-state index contributed by atoms with van der Waals surface area (Å²) in [7, 11) is 0. The van der Waals surface area contributed by atoms with Gasteiger partial charge in [-0.15, -0.1) is 0 Å². The average Bonchev–Trinajstić information content (AvgIpc) is 2.36. The summed E-state index contributed by atoms with van der Waals surface area (Å²) in [5.74, 6) is -2.75. The minimum absolute atomic E-state index is 0. The zero-order chi connectivity index (χ0) is 18.6. The van der Waals surface area contributed by atoms with Crippen molar-refractivity contribution in [2.45, 2.75) is 53.4 Å². The molecular weight excluding hydrogens is 344 g/mol. The fraction of sp³-hybridized carbons (Fsp3) is 0.714. The number of carboxylic acid groups (broad SMARTS) is 2. The topological polar surface area (TPSA) is 149 Å². The van der Waals surface area contributed by atoms with Gasteiger partial charge in [0, 0.05) is 34.9 Å². The third-order valence-electron chi connectivity index (χ3n) is 1.25. The number of aliphatic hydroxyl groups is 2. The molecule has 136 valence electrons. The maximum atomic E-state index is 9.87. The molecule has 9 heteroatoms. The van der Waals surface area contributed by atoms with Gasteiger partial charge in [-0.3, -0.25) is 19.2 Å². The molecule has 0 fully saturated rings. The van der Waals surface area contributed by atoms with Crippen LogP contribution in [-0.2, 0) is 40.9 Å². The Morgan fingerprint density at radius 3 is 0.870 bits per heavy atom. The second-order valence-electron chi connectivity index (χ2n) is 3.99. The molecule has 0 spiro atoms. The first kappa shape index (κ1) is 33.5. The van der Waals surface area contributed by atoms with E-state index in [1.54, 1.807) is 0 Å². The smallest absolute Gasteiger partial charge is 0.310 e. The maximum Gasteiger partial charge on any atom is 0.310 e. The summed E-state index contributed by atoms with van der Waals surface area (Å²) in [5.41, 5.74) is 0. The van der Waals surface area contributed by atoms with E-state index >= 15 is 0 Å². The molecule has 0 rings (SSSR count). The van der Waals surface area contributed by atoms with Crippen LogP contribution >= 0.6 is 0 Å². The molecule has 0 aromatic carbocycles. The van der Waals surface area contributed by atoms with Crippen LogP contribution in [0.3, 0.4) is 0 Å². The van der Waals surface area contributed by atoms with Crippen molar-refractivity contribution in [2.75, 3.05) is 13.2 Å². The molecule has 0 amide bonds. The van der Waals surface area contributed by atoms with E-state index in [4.69, 9.17) is 20.4 Å². The van der Waals surface area contributed by atoms with E-state index in [1.807, 2.05) is 13.8 Å². The number of hydrogen-bond acceptors (Lipinski definition) is 6. The first-order valence-electron chi connectivity index (χ1n) is 6.72. The van der Waals surface area contributed by atoms with Crippen LogP contribution in [0.5, 0.6) is 0 Å². The number of aliphatic hydroxyl groups excluding tert-OH is 2. The number of aliphatic carboxylic acids is 2. The fourth-order valence-electron chi connectivity index (χ4n) is 0.426. The van der Waals surface area contributed by atoms with Gasteiger partial charge in [-0.2, -0.15) is 0 Å². The van der Waals surface area contributed by atoms with E-state index in [-0.39, 0.29) is 46.1 Å².